The molecule has 0 aliphatic heterocycles. The molecule has 0 saturated carbocycles. The molecular formula is C17H21NO4. The monoisotopic (exact) mass is 303 g/mol. The van der Waals surface area contributed by atoms with Crippen LogP contribution in [0.4, 0.5) is 0 Å². The topological polar surface area (TPSA) is 70.8 Å². The highest BCUT2D eigenvalue weighted by molar-refractivity contribution is 6.00. The first-order valence-electron chi connectivity index (χ1n) is 7.38. The Kier molecular flexibility index (Phi) is 4.54. The summed E-state index contributed by atoms with van der Waals surface area (Å²) in [6.07, 6.45) is 0.678. The summed E-state index contributed by atoms with van der Waals surface area (Å²) in [6, 6.07) is 5.57. The van der Waals surface area contributed by atoms with Crippen LogP contribution in [0.5, 0.6) is 0 Å². The van der Waals surface area contributed by atoms with Crippen molar-refractivity contribution in [3.05, 3.63) is 35.1 Å². The predicted molar refractivity (Wildman–Crippen MR) is 84.1 cm³/mol. The maximum Gasteiger partial charge on any atom is 0.323 e. The second-order valence-electron chi connectivity index (χ2n) is 5.59. The van der Waals surface area contributed by atoms with Crippen molar-refractivity contribution < 1.29 is 19.1 Å². The highest BCUT2D eigenvalue weighted by atomic mass is 16.4. The van der Waals surface area contributed by atoms with Crippen molar-refractivity contribution in [2.24, 2.45) is 0 Å². The zero-order valence-corrected chi connectivity index (χ0v) is 13.3. The Labute approximate surface area is 129 Å². The van der Waals surface area contributed by atoms with E-state index < -0.39 is 5.97 Å². The van der Waals surface area contributed by atoms with E-state index >= 15 is 0 Å². The van der Waals surface area contributed by atoms with Crippen LogP contribution in [0.3, 0.4) is 0 Å². The van der Waals surface area contributed by atoms with Crippen molar-refractivity contribution in [2.45, 2.75) is 40.2 Å². The summed E-state index contributed by atoms with van der Waals surface area (Å²) in [5.41, 5.74) is 2.39. The number of carbonyl (C=O) groups is 2. The van der Waals surface area contributed by atoms with E-state index in [1.807, 2.05) is 45.9 Å². The van der Waals surface area contributed by atoms with Gasteiger partial charge in [-0.25, -0.2) is 0 Å². The fourth-order valence-corrected chi connectivity index (χ4v) is 2.51. The van der Waals surface area contributed by atoms with Crippen LogP contribution in [0.1, 0.15) is 41.9 Å². The summed E-state index contributed by atoms with van der Waals surface area (Å²) in [5.74, 6) is -1.17. The summed E-state index contributed by atoms with van der Waals surface area (Å²) in [4.78, 5) is 25.2. The number of fused-ring (bicyclic) bond motifs is 1. The molecule has 0 fully saturated rings. The minimum Gasteiger partial charge on any atom is -0.480 e. The number of aryl methyl sites for hydroxylation is 2. The third-order valence-electron chi connectivity index (χ3n) is 4.04. The Bertz CT molecular complexity index is 717. The molecule has 5 heteroatoms. The van der Waals surface area contributed by atoms with Crippen LogP contribution >= 0.6 is 0 Å². The summed E-state index contributed by atoms with van der Waals surface area (Å²) in [7, 11) is 0. The zero-order valence-electron chi connectivity index (χ0n) is 13.3. The lowest BCUT2D eigenvalue weighted by atomic mass is 10.1. The molecule has 0 aliphatic carbocycles. The lowest BCUT2D eigenvalue weighted by Gasteiger charge is -2.26. The summed E-state index contributed by atoms with van der Waals surface area (Å²) in [5, 5.41) is 9.94. The Morgan fingerprint density at radius 3 is 2.55 bits per heavy atom. The Morgan fingerprint density at radius 2 is 2.00 bits per heavy atom. The van der Waals surface area contributed by atoms with E-state index in [0.29, 0.717) is 12.0 Å². The smallest absolute Gasteiger partial charge is 0.323 e. The average molecular weight is 303 g/mol. The molecule has 1 atom stereocenters. The van der Waals surface area contributed by atoms with Crippen LogP contribution in [0.2, 0.25) is 0 Å². The Balaban J connectivity index is 2.48. The molecule has 0 radical (unpaired) electrons. The molecule has 2 rings (SSSR count). The maximum atomic E-state index is 12.8. The van der Waals surface area contributed by atoms with Gasteiger partial charge in [0.1, 0.15) is 12.1 Å². The molecule has 0 saturated heterocycles. The fraction of sp³-hybridized carbons (Fsp3) is 0.412. The first-order valence-corrected chi connectivity index (χ1v) is 7.38. The van der Waals surface area contributed by atoms with Gasteiger partial charge in [0.25, 0.3) is 5.91 Å². The molecule has 1 amide bonds. The summed E-state index contributed by atoms with van der Waals surface area (Å²) < 4.78 is 5.76. The number of carbonyl (C=O) groups excluding carboxylic acids is 1. The molecule has 0 bridgehead atoms. The van der Waals surface area contributed by atoms with E-state index in [1.165, 1.54) is 4.90 Å². The van der Waals surface area contributed by atoms with Crippen LogP contribution < -0.4 is 0 Å². The number of benzene rings is 1. The van der Waals surface area contributed by atoms with Crippen LogP contribution in [-0.2, 0) is 4.79 Å². The van der Waals surface area contributed by atoms with Gasteiger partial charge in [-0.05, 0) is 32.8 Å². The number of hydrogen-bond donors (Lipinski definition) is 1. The van der Waals surface area contributed by atoms with E-state index in [-0.39, 0.29) is 24.3 Å². The van der Waals surface area contributed by atoms with Gasteiger partial charge in [0.15, 0.2) is 5.76 Å². The number of para-hydroxylation sites is 1. The van der Waals surface area contributed by atoms with Crippen LogP contribution in [0.15, 0.2) is 22.6 Å². The van der Waals surface area contributed by atoms with Crippen molar-refractivity contribution in [1.82, 2.24) is 4.90 Å². The maximum absolute atomic E-state index is 12.8. The van der Waals surface area contributed by atoms with E-state index in [9.17, 15) is 9.59 Å². The third kappa shape index (κ3) is 2.84. The molecule has 1 unspecified atom stereocenters. The number of rotatable bonds is 5. The number of furan rings is 1. The molecule has 0 aliphatic rings. The normalized spacial score (nSPS) is 12.4. The van der Waals surface area contributed by atoms with Gasteiger partial charge in [-0.1, -0.05) is 25.1 Å². The number of aliphatic carboxylic acids is 1. The molecule has 1 aromatic carbocycles. The zero-order chi connectivity index (χ0) is 16.4. The Hall–Kier alpha value is -2.30. The number of hydrogen-bond acceptors (Lipinski definition) is 3. The van der Waals surface area contributed by atoms with Crippen molar-refractivity contribution >= 4 is 22.8 Å². The Morgan fingerprint density at radius 1 is 1.32 bits per heavy atom. The number of nitrogens with zero attached hydrogens (tertiary/aromatic N) is 1. The van der Waals surface area contributed by atoms with Crippen LogP contribution in [0, 0.1) is 13.8 Å². The van der Waals surface area contributed by atoms with Gasteiger partial charge >= 0.3 is 5.97 Å². The van der Waals surface area contributed by atoms with Crippen molar-refractivity contribution in [2.75, 3.05) is 6.54 Å². The minimum atomic E-state index is -1.03. The van der Waals surface area contributed by atoms with Gasteiger partial charge < -0.3 is 14.4 Å². The highest BCUT2D eigenvalue weighted by Gasteiger charge is 2.28. The largest absolute Gasteiger partial charge is 0.480 e. The highest BCUT2D eigenvalue weighted by Crippen LogP contribution is 2.29. The molecule has 118 valence electrons. The van der Waals surface area contributed by atoms with Crippen LogP contribution in [-0.4, -0.2) is 34.5 Å². The van der Waals surface area contributed by atoms with Crippen molar-refractivity contribution in [3.63, 3.8) is 0 Å². The molecule has 5 nitrogen and oxygen atoms in total. The first-order chi connectivity index (χ1) is 10.4. The van der Waals surface area contributed by atoms with Crippen molar-refractivity contribution in [1.29, 1.82) is 0 Å². The SMILES string of the molecule is CCC(C)N(CC(=O)O)C(=O)c1oc2c(C)cccc2c1C. The summed E-state index contributed by atoms with van der Waals surface area (Å²) in [6.45, 7) is 7.17. The lowest BCUT2D eigenvalue weighted by molar-refractivity contribution is -0.138. The molecule has 2 aromatic rings. The molecular weight excluding hydrogens is 282 g/mol. The second kappa shape index (κ2) is 6.22. The lowest BCUT2D eigenvalue weighted by Crippen LogP contribution is -2.41. The van der Waals surface area contributed by atoms with Gasteiger partial charge in [-0.15, -0.1) is 0 Å². The minimum absolute atomic E-state index is 0.169. The molecule has 22 heavy (non-hydrogen) atoms. The van der Waals surface area contributed by atoms with E-state index in [4.69, 9.17) is 9.52 Å². The average Bonchev–Trinajstić information content (AvgIpc) is 2.82. The molecule has 1 heterocycles. The third-order valence-corrected chi connectivity index (χ3v) is 4.04. The number of carboxylic acids is 1. The standard InChI is InChI=1S/C17H21NO4/c1-5-11(3)18(9-14(19)20)17(21)16-12(4)13-8-6-7-10(2)15(13)22-16/h6-8,11H,5,9H2,1-4H3,(H,19,20). The quantitative estimate of drug-likeness (QED) is 0.919. The molecule has 1 N–H and O–H groups in total. The first kappa shape index (κ1) is 16.1. The van der Waals surface area contributed by atoms with Gasteiger partial charge in [0.05, 0.1) is 0 Å². The van der Waals surface area contributed by atoms with Gasteiger partial charge in [0, 0.05) is 17.0 Å². The van der Waals surface area contributed by atoms with E-state index in [0.717, 1.165) is 16.5 Å². The second-order valence-corrected chi connectivity index (χ2v) is 5.59. The summed E-state index contributed by atoms with van der Waals surface area (Å²) >= 11 is 0. The predicted octanol–water partition coefficient (Wildman–Crippen LogP) is 3.37. The molecule has 1 aromatic heterocycles. The van der Waals surface area contributed by atoms with E-state index in [2.05, 4.69) is 0 Å². The number of carboxylic acid groups (broad SMARTS) is 1. The van der Waals surface area contributed by atoms with E-state index in [1.54, 1.807) is 0 Å². The van der Waals surface area contributed by atoms with Crippen LogP contribution in [0.25, 0.3) is 11.0 Å². The van der Waals surface area contributed by atoms with Crippen molar-refractivity contribution in [3.8, 4) is 0 Å². The number of amides is 1. The van der Waals surface area contributed by atoms with Gasteiger partial charge in [-0.3, -0.25) is 9.59 Å². The molecule has 0 spiro atoms. The van der Waals surface area contributed by atoms with Gasteiger partial charge in [0.2, 0.25) is 0 Å². The fourth-order valence-electron chi connectivity index (χ4n) is 2.51. The van der Waals surface area contributed by atoms with Gasteiger partial charge in [-0.2, -0.15) is 0 Å².